The van der Waals surface area contributed by atoms with Crippen molar-refractivity contribution in [2.45, 2.75) is 26.8 Å². The molecule has 2 N–H and O–H groups in total. The van der Waals surface area contributed by atoms with Gasteiger partial charge in [-0.15, -0.1) is 11.3 Å². The molecule has 3 aromatic rings. The third-order valence-electron chi connectivity index (χ3n) is 3.51. The van der Waals surface area contributed by atoms with Crippen molar-refractivity contribution in [2.75, 3.05) is 5.32 Å². The summed E-state index contributed by atoms with van der Waals surface area (Å²) < 4.78 is 1.77. The van der Waals surface area contributed by atoms with E-state index in [0.717, 1.165) is 0 Å². The number of thiophene rings is 1. The van der Waals surface area contributed by atoms with Gasteiger partial charge in [0.2, 0.25) is 0 Å². The quantitative estimate of drug-likeness (QED) is 0.756. The predicted molar refractivity (Wildman–Crippen MR) is 91.9 cm³/mol. The van der Waals surface area contributed by atoms with Crippen LogP contribution in [0.25, 0.3) is 11.0 Å². The number of hydrogen-bond acceptors (Lipinski definition) is 5. The van der Waals surface area contributed by atoms with Gasteiger partial charge in [0.25, 0.3) is 5.91 Å². The Labute approximate surface area is 141 Å². The Hall–Kier alpha value is -2.74. The van der Waals surface area contributed by atoms with E-state index in [1.165, 1.54) is 22.8 Å². The van der Waals surface area contributed by atoms with Gasteiger partial charge in [0.15, 0.2) is 5.65 Å². The van der Waals surface area contributed by atoms with Gasteiger partial charge < -0.3 is 10.4 Å². The van der Waals surface area contributed by atoms with Crippen molar-refractivity contribution in [3.63, 3.8) is 0 Å². The van der Waals surface area contributed by atoms with Gasteiger partial charge in [-0.2, -0.15) is 5.10 Å². The number of aryl methyl sites for hydroxylation is 1. The summed E-state index contributed by atoms with van der Waals surface area (Å²) in [6, 6.07) is 3.27. The highest BCUT2D eigenvalue weighted by Gasteiger charge is 2.18. The second-order valence-electron chi connectivity index (χ2n) is 5.69. The molecule has 3 heterocycles. The molecule has 0 spiro atoms. The molecule has 0 unspecified atom stereocenters. The van der Waals surface area contributed by atoms with Gasteiger partial charge in [-0.25, -0.2) is 14.5 Å². The molecule has 3 rings (SSSR count). The molecule has 8 heteroatoms. The minimum absolute atomic E-state index is 0.128. The molecule has 0 atom stereocenters. The maximum Gasteiger partial charge on any atom is 0.336 e. The van der Waals surface area contributed by atoms with Crippen LogP contribution in [0.4, 0.5) is 5.00 Å². The SMILES string of the molecule is Cc1cc(C(=O)Nc2cc(C(=O)O)cs2)c2cnn(C(C)C)c2n1. The van der Waals surface area contributed by atoms with Crippen molar-refractivity contribution in [2.24, 2.45) is 0 Å². The van der Waals surface area contributed by atoms with E-state index in [-0.39, 0.29) is 17.5 Å². The second-order valence-corrected chi connectivity index (χ2v) is 6.60. The van der Waals surface area contributed by atoms with Crippen LogP contribution in [-0.4, -0.2) is 31.7 Å². The standard InChI is InChI=1S/C16H16N4O3S/c1-8(2)20-14-12(6-17-20)11(4-9(3)18-14)15(21)19-13-5-10(7-24-13)16(22)23/h4-8H,1-3H3,(H,19,21)(H,22,23). The number of nitrogens with one attached hydrogen (secondary N) is 1. The molecule has 0 saturated heterocycles. The summed E-state index contributed by atoms with van der Waals surface area (Å²) in [6.07, 6.45) is 1.63. The van der Waals surface area contributed by atoms with Gasteiger partial charge in [0.1, 0.15) is 0 Å². The summed E-state index contributed by atoms with van der Waals surface area (Å²) in [5, 5.41) is 18.7. The van der Waals surface area contributed by atoms with Crippen LogP contribution in [0.2, 0.25) is 0 Å². The van der Waals surface area contributed by atoms with Crippen molar-refractivity contribution < 1.29 is 14.7 Å². The van der Waals surface area contributed by atoms with E-state index >= 15 is 0 Å². The smallest absolute Gasteiger partial charge is 0.336 e. The lowest BCUT2D eigenvalue weighted by molar-refractivity contribution is 0.0697. The number of hydrogen-bond donors (Lipinski definition) is 2. The Morgan fingerprint density at radius 1 is 1.33 bits per heavy atom. The van der Waals surface area contributed by atoms with Crippen LogP contribution >= 0.6 is 11.3 Å². The zero-order valence-electron chi connectivity index (χ0n) is 13.4. The van der Waals surface area contributed by atoms with Crippen LogP contribution in [-0.2, 0) is 0 Å². The minimum Gasteiger partial charge on any atom is -0.478 e. The molecule has 3 aromatic heterocycles. The zero-order chi connectivity index (χ0) is 17.4. The first-order valence-corrected chi connectivity index (χ1v) is 8.23. The summed E-state index contributed by atoms with van der Waals surface area (Å²) in [4.78, 5) is 28.0. The zero-order valence-corrected chi connectivity index (χ0v) is 14.2. The van der Waals surface area contributed by atoms with E-state index in [9.17, 15) is 9.59 Å². The Balaban J connectivity index is 1.98. The van der Waals surface area contributed by atoms with Crippen LogP contribution in [0.1, 0.15) is 46.3 Å². The van der Waals surface area contributed by atoms with Crippen molar-refractivity contribution >= 4 is 39.2 Å². The molecule has 0 aromatic carbocycles. The van der Waals surface area contributed by atoms with E-state index in [2.05, 4.69) is 15.4 Å². The molecule has 124 valence electrons. The maximum absolute atomic E-state index is 12.6. The monoisotopic (exact) mass is 344 g/mol. The molecular formula is C16H16N4O3S. The second kappa shape index (κ2) is 6.04. The fraction of sp³-hybridized carbons (Fsp3) is 0.250. The number of rotatable bonds is 4. The first-order chi connectivity index (χ1) is 11.4. The third kappa shape index (κ3) is 2.88. The van der Waals surface area contributed by atoms with Gasteiger partial charge in [0.05, 0.1) is 27.7 Å². The summed E-state index contributed by atoms with van der Waals surface area (Å²) in [6.45, 7) is 5.81. The lowest BCUT2D eigenvalue weighted by Crippen LogP contribution is -2.12. The van der Waals surface area contributed by atoms with Gasteiger partial charge >= 0.3 is 5.97 Å². The number of nitrogens with zero attached hydrogens (tertiary/aromatic N) is 3. The van der Waals surface area contributed by atoms with E-state index in [1.807, 2.05) is 20.8 Å². The predicted octanol–water partition coefficient (Wildman–Crippen LogP) is 3.33. The normalized spacial score (nSPS) is 11.2. The van der Waals surface area contributed by atoms with Crippen LogP contribution in [0.3, 0.4) is 0 Å². The van der Waals surface area contributed by atoms with Crippen LogP contribution in [0, 0.1) is 6.92 Å². The highest BCUT2D eigenvalue weighted by Crippen LogP contribution is 2.24. The number of amides is 1. The average Bonchev–Trinajstić information content (AvgIpc) is 3.12. The van der Waals surface area contributed by atoms with Crippen molar-refractivity contribution in [3.8, 4) is 0 Å². The molecule has 0 bridgehead atoms. The Kier molecular flexibility index (Phi) is 4.06. The lowest BCUT2D eigenvalue weighted by Gasteiger charge is -2.09. The first kappa shape index (κ1) is 16.1. The molecule has 0 radical (unpaired) electrons. The average molecular weight is 344 g/mol. The molecule has 0 aliphatic rings. The van der Waals surface area contributed by atoms with Crippen LogP contribution in [0.15, 0.2) is 23.7 Å². The largest absolute Gasteiger partial charge is 0.478 e. The molecule has 0 saturated carbocycles. The Morgan fingerprint density at radius 2 is 2.08 bits per heavy atom. The highest BCUT2D eigenvalue weighted by atomic mass is 32.1. The molecule has 24 heavy (non-hydrogen) atoms. The number of anilines is 1. The third-order valence-corrected chi connectivity index (χ3v) is 4.36. The maximum atomic E-state index is 12.6. The van der Waals surface area contributed by atoms with E-state index in [0.29, 0.717) is 27.3 Å². The van der Waals surface area contributed by atoms with Crippen molar-refractivity contribution in [3.05, 3.63) is 40.5 Å². The summed E-state index contributed by atoms with van der Waals surface area (Å²) in [7, 11) is 0. The molecule has 7 nitrogen and oxygen atoms in total. The number of carbonyl (C=O) groups is 2. The Morgan fingerprint density at radius 3 is 2.71 bits per heavy atom. The van der Waals surface area contributed by atoms with Crippen LogP contribution in [0.5, 0.6) is 0 Å². The van der Waals surface area contributed by atoms with Crippen LogP contribution < -0.4 is 5.32 Å². The van der Waals surface area contributed by atoms with E-state index in [1.54, 1.807) is 16.9 Å². The molecule has 0 aliphatic heterocycles. The number of aromatic nitrogens is 3. The Bertz CT molecular complexity index is 942. The number of pyridine rings is 1. The lowest BCUT2D eigenvalue weighted by atomic mass is 10.1. The summed E-state index contributed by atoms with van der Waals surface area (Å²) in [5.41, 5.74) is 1.99. The molecule has 0 aliphatic carbocycles. The number of carbonyl (C=O) groups excluding carboxylic acids is 1. The summed E-state index contributed by atoms with van der Waals surface area (Å²) >= 11 is 1.17. The fourth-order valence-electron chi connectivity index (χ4n) is 2.40. The van der Waals surface area contributed by atoms with Gasteiger partial charge in [0, 0.05) is 17.1 Å². The first-order valence-electron chi connectivity index (χ1n) is 7.35. The van der Waals surface area contributed by atoms with Crippen molar-refractivity contribution in [1.29, 1.82) is 0 Å². The highest BCUT2D eigenvalue weighted by molar-refractivity contribution is 7.14. The number of fused-ring (bicyclic) bond motifs is 1. The fourth-order valence-corrected chi connectivity index (χ4v) is 3.17. The van der Waals surface area contributed by atoms with Gasteiger partial charge in [-0.05, 0) is 32.9 Å². The number of aromatic carboxylic acids is 1. The van der Waals surface area contributed by atoms with Crippen molar-refractivity contribution in [1.82, 2.24) is 14.8 Å². The van der Waals surface area contributed by atoms with Gasteiger partial charge in [-0.3, -0.25) is 4.79 Å². The number of carboxylic acid groups (broad SMARTS) is 1. The molecule has 1 amide bonds. The topological polar surface area (TPSA) is 97.1 Å². The molecule has 0 fully saturated rings. The van der Waals surface area contributed by atoms with E-state index < -0.39 is 5.97 Å². The van der Waals surface area contributed by atoms with Gasteiger partial charge in [-0.1, -0.05) is 0 Å². The number of carboxylic acids is 1. The summed E-state index contributed by atoms with van der Waals surface area (Å²) in [5.74, 6) is -1.33. The molecular weight excluding hydrogens is 328 g/mol. The van der Waals surface area contributed by atoms with E-state index in [4.69, 9.17) is 5.11 Å². The minimum atomic E-state index is -1.02.